The first-order valence-electron chi connectivity index (χ1n) is 5.99. The highest BCUT2D eigenvalue weighted by atomic mass is 32.1. The summed E-state index contributed by atoms with van der Waals surface area (Å²) < 4.78 is 0. The first-order chi connectivity index (χ1) is 8.97. The number of carbonyl (C=O) groups excluding carboxylic acids is 1. The zero-order chi connectivity index (χ0) is 14.0. The summed E-state index contributed by atoms with van der Waals surface area (Å²) in [5.41, 5.74) is 10.8. The number of hydrogen-bond donors (Lipinski definition) is 1. The van der Waals surface area contributed by atoms with E-state index in [9.17, 15) is 4.79 Å². The Morgan fingerprint density at radius 2 is 2.11 bits per heavy atom. The molecule has 2 rings (SSSR count). The molecule has 0 fully saturated rings. The Balaban J connectivity index is 2.17. The monoisotopic (exact) mass is 275 g/mol. The molecule has 0 saturated heterocycles. The van der Waals surface area contributed by atoms with Crippen molar-refractivity contribution in [3.63, 3.8) is 0 Å². The maximum absolute atomic E-state index is 12.3. The van der Waals surface area contributed by atoms with Gasteiger partial charge in [-0.15, -0.1) is 11.3 Å². The molecule has 0 spiro atoms. The minimum absolute atomic E-state index is 0.0248. The van der Waals surface area contributed by atoms with Crippen molar-refractivity contribution >= 4 is 22.9 Å². The first kappa shape index (κ1) is 13.5. The van der Waals surface area contributed by atoms with E-state index in [2.05, 4.69) is 4.98 Å². The van der Waals surface area contributed by atoms with Gasteiger partial charge in [-0.05, 0) is 37.6 Å². The SMILES string of the molecule is Cc1cc(N)cc(C(=O)N(C)Cc2scnc2C)c1. The second-order valence-corrected chi connectivity index (χ2v) is 5.59. The number of carbonyl (C=O) groups is 1. The van der Waals surface area contributed by atoms with Gasteiger partial charge in [-0.2, -0.15) is 0 Å². The van der Waals surface area contributed by atoms with Crippen molar-refractivity contribution in [3.8, 4) is 0 Å². The van der Waals surface area contributed by atoms with Crippen molar-refractivity contribution in [1.82, 2.24) is 9.88 Å². The molecule has 5 heteroatoms. The predicted octanol–water partition coefficient (Wildman–Crippen LogP) is 2.61. The minimum Gasteiger partial charge on any atom is -0.399 e. The lowest BCUT2D eigenvalue weighted by atomic mass is 10.1. The molecule has 0 aliphatic rings. The lowest BCUT2D eigenvalue weighted by molar-refractivity contribution is 0.0786. The molecule has 0 atom stereocenters. The molecule has 0 unspecified atom stereocenters. The normalized spacial score (nSPS) is 10.5. The fourth-order valence-corrected chi connectivity index (χ4v) is 2.75. The number of amides is 1. The highest BCUT2D eigenvalue weighted by Gasteiger charge is 2.14. The average molecular weight is 275 g/mol. The van der Waals surface area contributed by atoms with Crippen LogP contribution in [-0.2, 0) is 6.54 Å². The Kier molecular flexibility index (Phi) is 3.85. The fraction of sp³-hybridized carbons (Fsp3) is 0.286. The number of aryl methyl sites for hydroxylation is 2. The molecule has 1 aromatic carbocycles. The maximum atomic E-state index is 12.3. The van der Waals surface area contributed by atoms with Crippen LogP contribution in [0, 0.1) is 13.8 Å². The Labute approximate surface area is 116 Å². The topological polar surface area (TPSA) is 59.2 Å². The van der Waals surface area contributed by atoms with Gasteiger partial charge in [0.1, 0.15) is 0 Å². The highest BCUT2D eigenvalue weighted by Crippen LogP contribution is 2.17. The molecule has 4 nitrogen and oxygen atoms in total. The third kappa shape index (κ3) is 3.12. The van der Waals surface area contributed by atoms with E-state index in [0.29, 0.717) is 17.8 Å². The van der Waals surface area contributed by atoms with Crippen LogP contribution in [0.25, 0.3) is 0 Å². The van der Waals surface area contributed by atoms with Crippen LogP contribution in [-0.4, -0.2) is 22.8 Å². The van der Waals surface area contributed by atoms with Crippen LogP contribution in [0.2, 0.25) is 0 Å². The van der Waals surface area contributed by atoms with Gasteiger partial charge in [0, 0.05) is 23.2 Å². The standard InChI is InChI=1S/C14H17N3OS/c1-9-4-11(6-12(15)5-9)14(18)17(3)7-13-10(2)16-8-19-13/h4-6,8H,7,15H2,1-3H3. The molecule has 0 radical (unpaired) electrons. The number of thiazole rings is 1. The van der Waals surface area contributed by atoms with Crippen LogP contribution in [0.3, 0.4) is 0 Å². The summed E-state index contributed by atoms with van der Waals surface area (Å²) in [5, 5.41) is 0. The lowest BCUT2D eigenvalue weighted by Gasteiger charge is -2.17. The van der Waals surface area contributed by atoms with E-state index in [1.807, 2.05) is 26.0 Å². The average Bonchev–Trinajstić information content (AvgIpc) is 2.72. The molecular formula is C14H17N3OS. The number of aromatic nitrogens is 1. The van der Waals surface area contributed by atoms with Gasteiger partial charge in [0.15, 0.2) is 0 Å². The van der Waals surface area contributed by atoms with Gasteiger partial charge in [0.05, 0.1) is 17.7 Å². The van der Waals surface area contributed by atoms with Gasteiger partial charge in [0.2, 0.25) is 0 Å². The summed E-state index contributed by atoms with van der Waals surface area (Å²) in [7, 11) is 1.79. The van der Waals surface area contributed by atoms with Crippen LogP contribution >= 0.6 is 11.3 Å². The summed E-state index contributed by atoms with van der Waals surface area (Å²) in [6.45, 7) is 4.46. The van der Waals surface area contributed by atoms with Gasteiger partial charge < -0.3 is 10.6 Å². The molecule has 0 aliphatic carbocycles. The Bertz CT molecular complexity index is 586. The van der Waals surface area contributed by atoms with E-state index in [0.717, 1.165) is 16.1 Å². The van der Waals surface area contributed by atoms with E-state index < -0.39 is 0 Å². The van der Waals surface area contributed by atoms with Crippen LogP contribution < -0.4 is 5.73 Å². The molecule has 0 saturated carbocycles. The summed E-state index contributed by atoms with van der Waals surface area (Å²) in [5.74, 6) is -0.0248. The zero-order valence-corrected chi connectivity index (χ0v) is 12.1. The van der Waals surface area contributed by atoms with Gasteiger partial charge in [0.25, 0.3) is 5.91 Å². The zero-order valence-electron chi connectivity index (χ0n) is 11.3. The van der Waals surface area contributed by atoms with Crippen LogP contribution in [0.5, 0.6) is 0 Å². The molecule has 0 bridgehead atoms. The maximum Gasteiger partial charge on any atom is 0.254 e. The fourth-order valence-electron chi connectivity index (χ4n) is 1.92. The molecule has 100 valence electrons. The molecule has 2 aromatic rings. The van der Waals surface area contributed by atoms with E-state index in [1.165, 1.54) is 0 Å². The Hall–Kier alpha value is -1.88. The van der Waals surface area contributed by atoms with E-state index >= 15 is 0 Å². The van der Waals surface area contributed by atoms with E-state index in [4.69, 9.17) is 5.73 Å². The quantitative estimate of drug-likeness (QED) is 0.876. The molecule has 1 heterocycles. The third-order valence-electron chi connectivity index (χ3n) is 2.92. The van der Waals surface area contributed by atoms with E-state index in [-0.39, 0.29) is 5.91 Å². The number of nitrogen functional groups attached to an aromatic ring is 1. The third-order valence-corrected chi connectivity index (χ3v) is 3.84. The lowest BCUT2D eigenvalue weighted by Crippen LogP contribution is -2.26. The Morgan fingerprint density at radius 1 is 1.37 bits per heavy atom. The molecule has 1 amide bonds. The van der Waals surface area contributed by atoms with Crippen molar-refractivity contribution in [2.24, 2.45) is 0 Å². The van der Waals surface area contributed by atoms with Crippen LogP contribution in [0.15, 0.2) is 23.7 Å². The first-order valence-corrected chi connectivity index (χ1v) is 6.87. The minimum atomic E-state index is -0.0248. The molecule has 0 aliphatic heterocycles. The highest BCUT2D eigenvalue weighted by molar-refractivity contribution is 7.09. The van der Waals surface area contributed by atoms with Crippen molar-refractivity contribution in [2.75, 3.05) is 12.8 Å². The smallest absolute Gasteiger partial charge is 0.254 e. The van der Waals surface area contributed by atoms with Crippen molar-refractivity contribution < 1.29 is 4.79 Å². The summed E-state index contributed by atoms with van der Waals surface area (Å²) >= 11 is 1.57. The van der Waals surface area contributed by atoms with Crippen molar-refractivity contribution in [3.05, 3.63) is 45.4 Å². The van der Waals surface area contributed by atoms with Gasteiger partial charge in [-0.25, -0.2) is 4.98 Å². The molecule has 1 aromatic heterocycles. The number of benzene rings is 1. The number of nitrogens with two attached hydrogens (primary N) is 1. The summed E-state index contributed by atoms with van der Waals surface area (Å²) in [6.07, 6.45) is 0. The molecule has 19 heavy (non-hydrogen) atoms. The predicted molar refractivity (Wildman–Crippen MR) is 78.2 cm³/mol. The summed E-state index contributed by atoms with van der Waals surface area (Å²) in [6, 6.07) is 5.42. The van der Waals surface area contributed by atoms with Crippen LogP contribution in [0.4, 0.5) is 5.69 Å². The van der Waals surface area contributed by atoms with Crippen molar-refractivity contribution in [1.29, 1.82) is 0 Å². The van der Waals surface area contributed by atoms with Gasteiger partial charge >= 0.3 is 0 Å². The molecule has 2 N–H and O–H groups in total. The van der Waals surface area contributed by atoms with Crippen LogP contribution in [0.1, 0.15) is 26.5 Å². The largest absolute Gasteiger partial charge is 0.399 e. The number of anilines is 1. The Morgan fingerprint density at radius 3 is 2.68 bits per heavy atom. The van der Waals surface area contributed by atoms with Gasteiger partial charge in [-0.1, -0.05) is 0 Å². The second-order valence-electron chi connectivity index (χ2n) is 4.65. The molecular weight excluding hydrogens is 258 g/mol. The number of nitrogens with zero attached hydrogens (tertiary/aromatic N) is 2. The van der Waals surface area contributed by atoms with E-state index in [1.54, 1.807) is 34.9 Å². The summed E-state index contributed by atoms with van der Waals surface area (Å²) in [4.78, 5) is 19.3. The van der Waals surface area contributed by atoms with Crippen molar-refractivity contribution in [2.45, 2.75) is 20.4 Å². The number of rotatable bonds is 3. The van der Waals surface area contributed by atoms with Gasteiger partial charge in [-0.3, -0.25) is 4.79 Å². The second kappa shape index (κ2) is 5.40. The number of hydrogen-bond acceptors (Lipinski definition) is 4.